The first-order valence-corrected chi connectivity index (χ1v) is 67.7. The molecular formula is C148H316. The van der Waals surface area contributed by atoms with Crippen molar-refractivity contribution in [2.75, 3.05) is 0 Å². The van der Waals surface area contributed by atoms with Crippen LogP contribution in [0.2, 0.25) is 0 Å². The molecule has 0 saturated carbocycles. The van der Waals surface area contributed by atoms with Crippen molar-refractivity contribution in [3.8, 4) is 0 Å². The maximum Gasteiger partial charge on any atom is -0.0277 e. The van der Waals surface area contributed by atoms with Gasteiger partial charge in [0.05, 0.1) is 0 Å². The summed E-state index contributed by atoms with van der Waals surface area (Å²) in [6.07, 6.45) is 54.9. The van der Waals surface area contributed by atoms with Crippen LogP contribution in [0.25, 0.3) is 0 Å². The Kier molecular flexibility index (Phi) is 113. The molecule has 0 rings (SSSR count). The van der Waals surface area contributed by atoms with Gasteiger partial charge in [-0.3, -0.25) is 0 Å². The lowest BCUT2D eigenvalue weighted by Crippen LogP contribution is -2.27. The molecule has 0 heteroatoms. The zero-order valence-electron chi connectivity index (χ0n) is 118. The van der Waals surface area contributed by atoms with Gasteiger partial charge in [-0.1, -0.05) is 605 Å². The highest BCUT2D eigenvalue weighted by molar-refractivity contribution is 4.86. The van der Waals surface area contributed by atoms with Crippen molar-refractivity contribution in [1.29, 1.82) is 0 Å². The molecule has 0 aliphatic heterocycles. The summed E-state index contributed by atoms with van der Waals surface area (Å²) >= 11 is 0. The highest BCUT2D eigenvalue weighted by Crippen LogP contribution is 2.46. The molecule has 0 fully saturated rings. The van der Waals surface area contributed by atoms with Crippen molar-refractivity contribution >= 4 is 0 Å². The summed E-state index contributed by atoms with van der Waals surface area (Å²) in [5.74, 6) is 34.8. The fraction of sp³-hybridized carbons (Fsp3) is 1.00. The molecule has 908 valence electrons. The quantitative estimate of drug-likeness (QED) is 0.0533. The lowest BCUT2D eigenvalue weighted by molar-refractivity contribution is 0.125. The minimum atomic E-state index is 0.564. The van der Waals surface area contributed by atoms with Crippen LogP contribution in [0.5, 0.6) is 0 Å². The van der Waals surface area contributed by atoms with Gasteiger partial charge in [-0.15, -0.1) is 0 Å². The van der Waals surface area contributed by atoms with Crippen LogP contribution in [-0.4, -0.2) is 0 Å². The molecule has 0 saturated heterocycles. The molecule has 0 spiro atoms. The largest absolute Gasteiger partial charge is 0.0654 e. The summed E-state index contributed by atoms with van der Waals surface area (Å²) in [6, 6.07) is 0. The number of rotatable bonds is 72. The molecule has 0 aromatic carbocycles. The Labute approximate surface area is 953 Å². The van der Waals surface area contributed by atoms with E-state index in [0.717, 1.165) is 237 Å². The molecule has 0 aromatic heterocycles. The average molecular weight is 2100 g/mol. The summed E-state index contributed by atoms with van der Waals surface area (Å²) in [7, 11) is 0. The molecular weight excluding hydrogens is 1780 g/mol. The van der Waals surface area contributed by atoms with E-state index in [-0.39, 0.29) is 0 Å². The van der Waals surface area contributed by atoms with Gasteiger partial charge in [0.2, 0.25) is 0 Å². The molecule has 0 amide bonds. The predicted molar refractivity (Wildman–Crippen MR) is 701 cm³/mol. The van der Waals surface area contributed by atoms with E-state index in [4.69, 9.17) is 0 Å². The van der Waals surface area contributed by atoms with Crippen LogP contribution in [0.3, 0.4) is 0 Å². The number of hydrogen-bond donors (Lipinski definition) is 0. The molecule has 0 aliphatic carbocycles. The Morgan fingerprint density at radius 3 is 0.615 bits per heavy atom. The second-order valence-corrected chi connectivity index (χ2v) is 63.4. The van der Waals surface area contributed by atoms with E-state index in [2.05, 4.69) is 457 Å². The molecule has 148 heavy (non-hydrogen) atoms. The number of unbranched alkanes of at least 4 members (excludes halogenated alkanes) is 5. The molecule has 0 aliphatic rings. The molecule has 0 heterocycles. The predicted octanol–water partition coefficient (Wildman–Crippen LogP) is 54.0. The maximum absolute atomic E-state index is 2.49. The van der Waals surface area contributed by atoms with Gasteiger partial charge in [0.25, 0.3) is 0 Å². The third kappa shape index (κ3) is 109. The van der Waals surface area contributed by atoms with Gasteiger partial charge in [0.1, 0.15) is 0 Å². The van der Waals surface area contributed by atoms with Crippen molar-refractivity contribution in [2.24, 2.45) is 253 Å². The third-order valence-corrected chi connectivity index (χ3v) is 35.0. The SMILES string of the molecule is CC(C)CC(C(C)C)C(C)C(C)C.CC(C)CC(C)(CC(C)C)CC(C)C.CC(C)CCC(C)(CCC(C)C)C(C)C.CC(C)CCC(CC(C)C)C(C)C.CC(C)CCCC(CC(C)C)C(C)C.CC(C)CCCCC(CC(C)C)C(C)C.CC(C)CCCCCCC(CC(C)C)C(C)C.CCC(CCC(C)C)(CCC(C)C)C(C)C.CCCC(C(C)C)C(CC(C)C)C(C)C.CCCCC(C(C)C)C(CC(C)C)C(C)C. The molecule has 10 unspecified atom stereocenters. The molecule has 0 nitrogen and oxygen atoms in total. The van der Waals surface area contributed by atoms with Crippen molar-refractivity contribution < 1.29 is 0 Å². The van der Waals surface area contributed by atoms with Gasteiger partial charge in [-0.25, -0.2) is 0 Å². The Morgan fingerprint density at radius 1 is 0.155 bits per heavy atom. The van der Waals surface area contributed by atoms with Crippen molar-refractivity contribution in [3.05, 3.63) is 0 Å². The first-order chi connectivity index (χ1) is 67.7. The van der Waals surface area contributed by atoms with E-state index in [9.17, 15) is 0 Å². The Hall–Kier alpha value is 0. The molecule has 0 aromatic rings. The third-order valence-electron chi connectivity index (χ3n) is 35.0. The van der Waals surface area contributed by atoms with Gasteiger partial charge >= 0.3 is 0 Å². The monoisotopic (exact) mass is 2090 g/mol. The lowest BCUT2D eigenvalue weighted by Gasteiger charge is -2.38. The van der Waals surface area contributed by atoms with E-state index in [1.54, 1.807) is 0 Å². The Bertz CT molecular complexity index is 2520. The highest BCUT2D eigenvalue weighted by atomic mass is 14.4. The normalized spacial score (nSPS) is 14.6. The molecule has 0 N–H and O–H groups in total. The Morgan fingerprint density at radius 2 is 0.392 bits per heavy atom. The van der Waals surface area contributed by atoms with Crippen LogP contribution < -0.4 is 0 Å². The smallest absolute Gasteiger partial charge is 0.0277 e. The fourth-order valence-electron chi connectivity index (χ4n) is 24.6. The van der Waals surface area contributed by atoms with Crippen LogP contribution in [0.15, 0.2) is 0 Å². The van der Waals surface area contributed by atoms with Crippen LogP contribution in [0.4, 0.5) is 0 Å². The summed E-state index contributed by atoms with van der Waals surface area (Å²) in [5, 5.41) is 0. The van der Waals surface area contributed by atoms with Crippen molar-refractivity contribution in [2.45, 2.75) is 707 Å². The fourth-order valence-corrected chi connectivity index (χ4v) is 24.6. The van der Waals surface area contributed by atoms with Crippen LogP contribution in [0.1, 0.15) is 707 Å². The summed E-state index contributed by atoms with van der Waals surface area (Å²) in [4.78, 5) is 0. The lowest BCUT2D eigenvalue weighted by atomic mass is 9.67. The van der Waals surface area contributed by atoms with E-state index in [0.29, 0.717) is 16.2 Å². The average Bonchev–Trinajstić information content (AvgIpc) is 0.853. The molecule has 0 bridgehead atoms. The van der Waals surface area contributed by atoms with E-state index in [1.165, 1.54) is 250 Å². The zero-order chi connectivity index (χ0) is 118. The maximum atomic E-state index is 2.49. The second kappa shape index (κ2) is 100. The summed E-state index contributed by atoms with van der Waals surface area (Å²) in [5.41, 5.74) is 1.74. The Balaban J connectivity index is -0.000000179. The molecule has 10 atom stereocenters. The van der Waals surface area contributed by atoms with Gasteiger partial charge in [0, 0.05) is 0 Å². The van der Waals surface area contributed by atoms with Gasteiger partial charge in [-0.2, -0.15) is 0 Å². The van der Waals surface area contributed by atoms with Crippen molar-refractivity contribution in [1.82, 2.24) is 0 Å². The van der Waals surface area contributed by atoms with Crippen molar-refractivity contribution in [3.63, 3.8) is 0 Å². The van der Waals surface area contributed by atoms with Gasteiger partial charge < -0.3 is 0 Å². The summed E-state index contributed by atoms with van der Waals surface area (Å²) < 4.78 is 0. The zero-order valence-corrected chi connectivity index (χ0v) is 118. The molecule has 0 radical (unpaired) electrons. The summed E-state index contributed by atoms with van der Waals surface area (Å²) in [6.45, 7) is 156. The highest BCUT2D eigenvalue weighted by Gasteiger charge is 2.35. The topological polar surface area (TPSA) is 0 Å². The van der Waals surface area contributed by atoms with Crippen LogP contribution in [0, 0.1) is 253 Å². The minimum Gasteiger partial charge on any atom is -0.0654 e. The van der Waals surface area contributed by atoms with E-state index >= 15 is 0 Å². The van der Waals surface area contributed by atoms with E-state index < -0.39 is 0 Å². The minimum absolute atomic E-state index is 0.564. The van der Waals surface area contributed by atoms with E-state index in [1.807, 2.05) is 0 Å². The second-order valence-electron chi connectivity index (χ2n) is 63.4. The van der Waals surface area contributed by atoms with Crippen LogP contribution >= 0.6 is 0 Å². The van der Waals surface area contributed by atoms with Gasteiger partial charge in [-0.05, 0) is 356 Å². The first kappa shape index (κ1) is 168. The van der Waals surface area contributed by atoms with Gasteiger partial charge in [0.15, 0.2) is 0 Å². The van der Waals surface area contributed by atoms with Crippen LogP contribution in [-0.2, 0) is 0 Å². The standard InChI is InChI=1S/C17H36.2C16H34.3C15H32.2C14H30.2C13H28/c1-14(2)11-9-7-8-10-12-17(16(5)6)13-15(3)4;1-8-16(15(6)7,11-9-13(2)3)12-10-14(4)5;1-8-9-10-15(13(4)5)16(14(6)7)11-12(2)3;1-12(2)8-10-15(7,14(5)6)11-9-13(3)4;1-12(2)9-7-8-10-15(14(5)6)11-13(3)4;1-8-9-14(12(4)5)15(13(6)7)10-11(2)3;1-11(2)8-14(7,9-12(3)4)10-13(5)6;1-11(2)8-7-9-14(13(5)6)10-12(3)4;1-9(2)8-13(11(5)6)12(7)10(3)4;1-10(2)7-8-13(12(5)6)9-11(3)4/h14-17H,7-13H2,1-6H3;13-15H,8-12H2,1-7H3;12-16H,8-11H2,1-7H3;12-14H,8-11H2,1-7H3;12-15H,7-11H2,1-6H3;11-15H,8-10H2,1-7H3;11-13H,8-10H2,1-7H3;11-14H,7-10H2,1-6H3;9-13H,8H2,1-7H3;10-13H,7-9H2,1-6H3. The number of hydrogen-bond acceptors (Lipinski definition) is 0. The first-order valence-electron chi connectivity index (χ1n) is 67.7.